The molecule has 3 heterocycles. The van der Waals surface area contributed by atoms with Gasteiger partial charge in [0.2, 0.25) is 0 Å². The Kier molecular flexibility index (Phi) is 7.86. The number of benzene rings is 1. The van der Waals surface area contributed by atoms with Gasteiger partial charge < -0.3 is 14.2 Å². The average molecular weight is 568 g/mol. The highest BCUT2D eigenvalue weighted by molar-refractivity contribution is 7.91. The lowest BCUT2D eigenvalue weighted by atomic mass is 9.96. The number of hydrogen-bond acceptors (Lipinski definition) is 10. The van der Waals surface area contributed by atoms with E-state index in [9.17, 15) is 8.42 Å². The number of sulfone groups is 1. The zero-order valence-electron chi connectivity index (χ0n) is 23.2. The molecule has 0 amide bonds. The second-order valence-electron chi connectivity index (χ2n) is 9.81. The van der Waals surface area contributed by atoms with Crippen molar-refractivity contribution in [2.75, 3.05) is 21.3 Å². The number of fused-ring (bicyclic) bond motifs is 1. The van der Waals surface area contributed by atoms with Gasteiger partial charge in [-0.2, -0.15) is 5.10 Å². The van der Waals surface area contributed by atoms with E-state index >= 15 is 0 Å². The maximum absolute atomic E-state index is 13.9. The lowest BCUT2D eigenvalue weighted by Gasteiger charge is -2.22. The molecule has 0 aliphatic heterocycles. The third-order valence-electron chi connectivity index (χ3n) is 7.26. The molecule has 13 heteroatoms. The molecule has 212 valence electrons. The van der Waals surface area contributed by atoms with Crippen LogP contribution in [0.15, 0.2) is 30.6 Å². The van der Waals surface area contributed by atoms with E-state index in [1.165, 1.54) is 7.11 Å². The molecule has 1 aliphatic carbocycles. The Labute approximate surface area is 233 Å². The van der Waals surface area contributed by atoms with Crippen LogP contribution < -0.4 is 9.47 Å². The van der Waals surface area contributed by atoms with E-state index in [-0.39, 0.29) is 5.82 Å². The first-order chi connectivity index (χ1) is 19.3. The molecule has 0 saturated heterocycles. The Balaban J connectivity index is 1.63. The first-order valence-electron chi connectivity index (χ1n) is 13.0. The maximum atomic E-state index is 13.9. The van der Waals surface area contributed by atoms with Crippen LogP contribution in [0.5, 0.6) is 11.5 Å². The van der Waals surface area contributed by atoms with Crippen LogP contribution in [0.1, 0.15) is 54.3 Å². The molecule has 0 fully saturated rings. The fourth-order valence-corrected chi connectivity index (χ4v) is 6.49. The van der Waals surface area contributed by atoms with Crippen LogP contribution in [0.2, 0.25) is 0 Å². The van der Waals surface area contributed by atoms with Gasteiger partial charge in [0.1, 0.15) is 34.7 Å². The summed E-state index contributed by atoms with van der Waals surface area (Å²) in [6.45, 7) is 3.45. The van der Waals surface area contributed by atoms with Gasteiger partial charge in [0.05, 0.1) is 19.5 Å². The Morgan fingerprint density at radius 2 is 1.70 bits per heavy atom. The van der Waals surface area contributed by atoms with Crippen LogP contribution >= 0.6 is 0 Å². The Bertz CT molecular complexity index is 1580. The van der Waals surface area contributed by atoms with Crippen molar-refractivity contribution >= 4 is 9.84 Å². The van der Waals surface area contributed by atoms with Crippen molar-refractivity contribution in [3.63, 3.8) is 0 Å². The number of para-hydroxylation sites is 1. The van der Waals surface area contributed by atoms with Gasteiger partial charge in [0, 0.05) is 30.8 Å². The van der Waals surface area contributed by atoms with E-state index < -0.39 is 26.9 Å². The maximum Gasteiger partial charge on any atom is 0.189 e. The predicted octanol–water partition coefficient (Wildman–Crippen LogP) is 3.34. The van der Waals surface area contributed by atoms with Gasteiger partial charge in [0.15, 0.2) is 27.3 Å². The van der Waals surface area contributed by atoms with Crippen molar-refractivity contribution in [3.8, 4) is 28.7 Å². The van der Waals surface area contributed by atoms with Crippen molar-refractivity contribution < 1.29 is 22.6 Å². The molecule has 0 radical (unpaired) electrons. The molecule has 0 unspecified atom stereocenters. The topological polar surface area (TPSA) is 147 Å². The van der Waals surface area contributed by atoms with E-state index in [2.05, 4.69) is 30.4 Å². The summed E-state index contributed by atoms with van der Waals surface area (Å²) in [6.07, 6.45) is 6.24. The molecule has 4 aromatic rings. The van der Waals surface area contributed by atoms with Crippen molar-refractivity contribution in [2.45, 2.75) is 56.6 Å². The second kappa shape index (κ2) is 11.3. The van der Waals surface area contributed by atoms with Gasteiger partial charge >= 0.3 is 0 Å². The summed E-state index contributed by atoms with van der Waals surface area (Å²) in [4.78, 5) is 8.60. The minimum Gasteiger partial charge on any atom is -0.494 e. The zero-order chi connectivity index (χ0) is 28.4. The number of methoxy groups -OCH3 is 3. The largest absolute Gasteiger partial charge is 0.494 e. The summed E-state index contributed by atoms with van der Waals surface area (Å²) in [5, 5.41) is 15.6. The average Bonchev–Trinajstić information content (AvgIpc) is 3.57. The third-order valence-corrected chi connectivity index (χ3v) is 9.30. The zero-order valence-corrected chi connectivity index (χ0v) is 24.0. The fraction of sp³-hybridized carbons (Fsp3) is 0.444. The first-order valence-corrected chi connectivity index (χ1v) is 14.8. The van der Waals surface area contributed by atoms with Crippen LogP contribution in [-0.2, 0) is 33.2 Å². The van der Waals surface area contributed by atoms with Crippen molar-refractivity contribution in [3.05, 3.63) is 59.1 Å². The van der Waals surface area contributed by atoms with E-state index in [4.69, 9.17) is 14.2 Å². The fourth-order valence-electron chi connectivity index (χ4n) is 5.07. The summed E-state index contributed by atoms with van der Waals surface area (Å²) >= 11 is 0. The van der Waals surface area contributed by atoms with E-state index in [0.29, 0.717) is 34.5 Å². The number of aromatic nitrogens is 7. The number of nitrogens with one attached hydrogen (secondary N) is 1. The molecule has 3 aromatic heterocycles. The number of hydrogen-bond donors (Lipinski definition) is 1. The number of H-pyrrole nitrogens is 1. The standard InChI is InChI=1S/C27H33N7O5S/c1-16-13-28-26(29-14-16)25(39-5)17(2)40(35,36)15-22-31-33-27(23-18-9-6-7-10-19(18)30-32-23)34(22)24-20(37-3)11-8-12-21(24)38-4/h8,11-14,17,25H,6-7,9-10,15H2,1-5H3,(H,30,32)/t17-,25-/m0/s1. The molecule has 0 spiro atoms. The van der Waals surface area contributed by atoms with Gasteiger partial charge in [-0.1, -0.05) is 6.07 Å². The highest BCUT2D eigenvalue weighted by Crippen LogP contribution is 2.38. The summed E-state index contributed by atoms with van der Waals surface area (Å²) < 4.78 is 46.3. The van der Waals surface area contributed by atoms with Crippen LogP contribution in [0.25, 0.3) is 17.2 Å². The molecule has 12 nitrogen and oxygen atoms in total. The van der Waals surface area contributed by atoms with Gasteiger partial charge in [-0.05, 0) is 57.2 Å². The lowest BCUT2D eigenvalue weighted by molar-refractivity contribution is 0.0947. The highest BCUT2D eigenvalue weighted by atomic mass is 32.2. The third kappa shape index (κ3) is 5.06. The Morgan fingerprint density at radius 3 is 2.35 bits per heavy atom. The molecular weight excluding hydrogens is 534 g/mol. The van der Waals surface area contributed by atoms with E-state index in [0.717, 1.165) is 42.5 Å². The Morgan fingerprint density at radius 1 is 1.02 bits per heavy atom. The van der Waals surface area contributed by atoms with Crippen molar-refractivity contribution in [1.29, 1.82) is 0 Å². The smallest absolute Gasteiger partial charge is 0.189 e. The van der Waals surface area contributed by atoms with Crippen LogP contribution in [0.3, 0.4) is 0 Å². The Hall–Kier alpha value is -3.84. The molecule has 1 aromatic carbocycles. The van der Waals surface area contributed by atoms with Gasteiger partial charge in [-0.3, -0.25) is 9.67 Å². The van der Waals surface area contributed by atoms with Gasteiger partial charge in [0.25, 0.3) is 0 Å². The quantitative estimate of drug-likeness (QED) is 0.303. The summed E-state index contributed by atoms with van der Waals surface area (Å²) in [7, 11) is 0.669. The molecular formula is C27H33N7O5S. The number of aromatic amines is 1. The first kappa shape index (κ1) is 27.7. The molecule has 0 saturated carbocycles. The number of aryl methyl sites for hydroxylation is 2. The van der Waals surface area contributed by atoms with Crippen LogP contribution in [-0.4, -0.2) is 69.9 Å². The normalized spacial score (nSPS) is 14.9. The molecule has 1 aliphatic rings. The molecule has 1 N–H and O–H groups in total. The summed E-state index contributed by atoms with van der Waals surface area (Å²) in [5.41, 5.74) is 4.11. The minimum atomic E-state index is -3.86. The van der Waals surface area contributed by atoms with Crippen molar-refractivity contribution in [2.24, 2.45) is 0 Å². The SMILES string of the molecule is COc1cccc(OC)c1-n1c(CS(=O)(=O)[C@@H](C)[C@H](OC)c2ncc(C)cn2)nnc1-c1n[nH]c2c1CCCC2. The van der Waals surface area contributed by atoms with Crippen LogP contribution in [0.4, 0.5) is 0 Å². The highest BCUT2D eigenvalue weighted by Gasteiger charge is 2.36. The number of rotatable bonds is 10. The lowest BCUT2D eigenvalue weighted by Crippen LogP contribution is -2.30. The van der Waals surface area contributed by atoms with E-state index in [1.807, 2.05) is 6.92 Å². The number of ether oxygens (including phenoxy) is 3. The predicted molar refractivity (Wildman–Crippen MR) is 147 cm³/mol. The van der Waals surface area contributed by atoms with Crippen molar-refractivity contribution in [1.82, 2.24) is 34.9 Å². The molecule has 5 rings (SSSR count). The van der Waals surface area contributed by atoms with Crippen LogP contribution in [0, 0.1) is 6.92 Å². The van der Waals surface area contributed by atoms with E-state index in [1.54, 1.807) is 56.3 Å². The van der Waals surface area contributed by atoms with Gasteiger partial charge in [-0.25, -0.2) is 18.4 Å². The molecule has 0 bridgehead atoms. The monoisotopic (exact) mass is 567 g/mol. The summed E-state index contributed by atoms with van der Waals surface area (Å²) in [6, 6.07) is 5.35. The van der Waals surface area contributed by atoms with Gasteiger partial charge in [-0.15, -0.1) is 10.2 Å². The summed E-state index contributed by atoms with van der Waals surface area (Å²) in [5.74, 6) is 1.40. The number of nitrogens with zero attached hydrogens (tertiary/aromatic N) is 6. The molecule has 40 heavy (non-hydrogen) atoms. The minimum absolute atomic E-state index is 0.192. The second-order valence-corrected chi connectivity index (χ2v) is 12.2. The molecule has 2 atom stereocenters.